The number of amides is 2. The van der Waals surface area contributed by atoms with E-state index in [4.69, 9.17) is 0 Å². The van der Waals surface area contributed by atoms with Crippen molar-refractivity contribution < 1.29 is 19.2 Å². The van der Waals surface area contributed by atoms with Crippen LogP contribution in [0.1, 0.15) is 46.0 Å². The first-order chi connectivity index (χ1) is 14.9. The molecule has 4 atom stereocenters. The standard InChI is InChI=1S/C25H24N2O4/c1-14-5-7-17(8-6-14)23(29)22-21-20(19-4-3-13-26(19)22)24(30)27(25(21)31)18-11-9-16(10-12-18)15(2)28/h5-12,19-22H,3-4,13H2,1-2H3/t19-,20-,21+,22-/m1/s1. The maximum Gasteiger partial charge on any atom is 0.239 e. The zero-order valence-electron chi connectivity index (χ0n) is 17.6. The summed E-state index contributed by atoms with van der Waals surface area (Å²) in [6.07, 6.45) is 1.73. The average Bonchev–Trinajstić information content (AvgIpc) is 3.40. The van der Waals surface area contributed by atoms with Crippen LogP contribution >= 0.6 is 0 Å². The normalized spacial score (nSPS) is 27.5. The zero-order valence-corrected chi connectivity index (χ0v) is 17.6. The second kappa shape index (κ2) is 7.24. The minimum Gasteiger partial charge on any atom is -0.295 e. The van der Waals surface area contributed by atoms with Crippen LogP contribution < -0.4 is 4.90 Å². The lowest BCUT2D eigenvalue weighted by Gasteiger charge is -2.27. The van der Waals surface area contributed by atoms with Gasteiger partial charge in [-0.3, -0.25) is 24.1 Å². The van der Waals surface area contributed by atoms with Crippen molar-refractivity contribution >= 4 is 29.1 Å². The van der Waals surface area contributed by atoms with Gasteiger partial charge in [-0.2, -0.15) is 0 Å². The first-order valence-electron chi connectivity index (χ1n) is 10.7. The Bertz CT molecular complexity index is 1090. The predicted octanol–water partition coefficient (Wildman–Crippen LogP) is 3.03. The van der Waals surface area contributed by atoms with Gasteiger partial charge in [-0.05, 0) is 57.5 Å². The number of hydrogen-bond donors (Lipinski definition) is 0. The summed E-state index contributed by atoms with van der Waals surface area (Å²) in [5.41, 5.74) is 2.62. The van der Waals surface area contributed by atoms with Crippen molar-refractivity contribution in [3.63, 3.8) is 0 Å². The van der Waals surface area contributed by atoms with E-state index in [1.54, 1.807) is 36.4 Å². The van der Waals surface area contributed by atoms with Crippen LogP contribution in [-0.2, 0) is 9.59 Å². The van der Waals surface area contributed by atoms with Gasteiger partial charge in [-0.15, -0.1) is 0 Å². The predicted molar refractivity (Wildman–Crippen MR) is 115 cm³/mol. The Kier molecular flexibility index (Phi) is 4.63. The lowest BCUT2D eigenvalue weighted by atomic mass is 9.85. The summed E-state index contributed by atoms with van der Waals surface area (Å²) in [7, 11) is 0. The molecule has 0 aliphatic carbocycles. The summed E-state index contributed by atoms with van der Waals surface area (Å²) in [5.74, 6) is -1.88. The van der Waals surface area contributed by atoms with Gasteiger partial charge in [0.05, 0.1) is 23.6 Å². The highest BCUT2D eigenvalue weighted by Crippen LogP contribution is 2.48. The topological polar surface area (TPSA) is 74.8 Å². The highest BCUT2D eigenvalue weighted by atomic mass is 16.2. The van der Waals surface area contributed by atoms with Crippen molar-refractivity contribution in [2.45, 2.75) is 38.8 Å². The highest BCUT2D eigenvalue weighted by Gasteiger charge is 2.64. The Morgan fingerprint density at radius 2 is 1.48 bits per heavy atom. The van der Waals surface area contributed by atoms with E-state index < -0.39 is 17.9 Å². The molecule has 2 amide bonds. The number of nitrogens with zero attached hydrogens (tertiary/aromatic N) is 2. The van der Waals surface area contributed by atoms with Gasteiger partial charge in [0.25, 0.3) is 0 Å². The van der Waals surface area contributed by atoms with Gasteiger partial charge in [0, 0.05) is 17.2 Å². The summed E-state index contributed by atoms with van der Waals surface area (Å²) in [6.45, 7) is 4.17. The molecule has 0 unspecified atom stereocenters. The van der Waals surface area contributed by atoms with Crippen LogP contribution in [0.25, 0.3) is 0 Å². The summed E-state index contributed by atoms with van der Waals surface area (Å²) >= 11 is 0. The van der Waals surface area contributed by atoms with Crippen LogP contribution in [0.4, 0.5) is 5.69 Å². The van der Waals surface area contributed by atoms with Gasteiger partial charge in [-0.25, -0.2) is 4.90 Å². The van der Waals surface area contributed by atoms with Gasteiger partial charge in [0.2, 0.25) is 11.8 Å². The molecule has 0 saturated carbocycles. The maximum atomic E-state index is 13.5. The molecule has 3 fully saturated rings. The second-order valence-electron chi connectivity index (χ2n) is 8.79. The molecule has 2 aromatic rings. The zero-order chi connectivity index (χ0) is 21.9. The van der Waals surface area contributed by atoms with E-state index in [0.717, 1.165) is 24.9 Å². The van der Waals surface area contributed by atoms with E-state index >= 15 is 0 Å². The third-order valence-electron chi connectivity index (χ3n) is 6.99. The first kappa shape index (κ1) is 19.8. The highest BCUT2D eigenvalue weighted by molar-refractivity contribution is 6.24. The van der Waals surface area contributed by atoms with Crippen LogP contribution in [0.5, 0.6) is 0 Å². The molecule has 0 N–H and O–H groups in total. The lowest BCUT2D eigenvalue weighted by molar-refractivity contribution is -0.123. The number of ketones is 2. The molecule has 2 aromatic carbocycles. The number of imide groups is 1. The van der Waals surface area contributed by atoms with Gasteiger partial charge >= 0.3 is 0 Å². The number of benzene rings is 2. The Morgan fingerprint density at radius 3 is 2.13 bits per heavy atom. The third kappa shape index (κ3) is 2.97. The number of rotatable bonds is 4. The molecule has 3 aliphatic heterocycles. The molecule has 6 heteroatoms. The van der Waals surface area contributed by atoms with Crippen LogP contribution in [-0.4, -0.2) is 46.9 Å². The van der Waals surface area contributed by atoms with E-state index in [1.807, 2.05) is 19.1 Å². The number of carbonyl (C=O) groups is 4. The fourth-order valence-electron chi connectivity index (χ4n) is 5.50. The average molecular weight is 416 g/mol. The van der Waals surface area contributed by atoms with Crippen molar-refractivity contribution in [1.82, 2.24) is 4.90 Å². The number of aryl methyl sites for hydroxylation is 1. The van der Waals surface area contributed by atoms with Crippen molar-refractivity contribution in [1.29, 1.82) is 0 Å². The Balaban J connectivity index is 1.52. The molecule has 0 bridgehead atoms. The molecule has 3 aliphatic rings. The van der Waals surface area contributed by atoms with Crippen molar-refractivity contribution in [3.8, 4) is 0 Å². The van der Waals surface area contributed by atoms with Crippen molar-refractivity contribution in [2.24, 2.45) is 11.8 Å². The fraction of sp³-hybridized carbons (Fsp3) is 0.360. The molecule has 3 heterocycles. The SMILES string of the molecule is CC(=O)c1ccc(N2C(=O)[C@H]3[C@H](C2=O)[C@H](C(=O)c2ccc(C)cc2)N2CCC[C@H]32)cc1. The molecule has 0 spiro atoms. The molecule has 31 heavy (non-hydrogen) atoms. The molecule has 0 aromatic heterocycles. The Labute approximate surface area is 180 Å². The fourth-order valence-corrected chi connectivity index (χ4v) is 5.50. The number of carbonyl (C=O) groups excluding carboxylic acids is 4. The van der Waals surface area contributed by atoms with E-state index in [0.29, 0.717) is 16.8 Å². The Morgan fingerprint density at radius 1 is 0.871 bits per heavy atom. The van der Waals surface area contributed by atoms with E-state index in [-0.39, 0.29) is 29.4 Å². The molecule has 0 radical (unpaired) electrons. The van der Waals surface area contributed by atoms with Crippen LogP contribution in [0.2, 0.25) is 0 Å². The number of anilines is 1. The van der Waals surface area contributed by atoms with Gasteiger partial charge < -0.3 is 0 Å². The lowest BCUT2D eigenvalue weighted by Crippen LogP contribution is -2.46. The van der Waals surface area contributed by atoms with Crippen LogP contribution in [0.3, 0.4) is 0 Å². The van der Waals surface area contributed by atoms with E-state index in [1.165, 1.54) is 11.8 Å². The second-order valence-corrected chi connectivity index (χ2v) is 8.79. The first-order valence-corrected chi connectivity index (χ1v) is 10.7. The largest absolute Gasteiger partial charge is 0.295 e. The quantitative estimate of drug-likeness (QED) is 0.566. The summed E-state index contributed by atoms with van der Waals surface area (Å²) in [5, 5.41) is 0. The summed E-state index contributed by atoms with van der Waals surface area (Å²) < 4.78 is 0. The van der Waals surface area contributed by atoms with Gasteiger partial charge in [-0.1, -0.05) is 29.8 Å². The molecule has 3 saturated heterocycles. The molecule has 6 nitrogen and oxygen atoms in total. The minimum absolute atomic E-state index is 0.0761. The number of fused-ring (bicyclic) bond motifs is 3. The summed E-state index contributed by atoms with van der Waals surface area (Å²) in [6, 6.07) is 13.2. The minimum atomic E-state index is -0.668. The summed E-state index contributed by atoms with van der Waals surface area (Å²) in [4.78, 5) is 55.3. The van der Waals surface area contributed by atoms with Crippen molar-refractivity contribution in [2.75, 3.05) is 11.4 Å². The van der Waals surface area contributed by atoms with E-state index in [2.05, 4.69) is 4.90 Å². The third-order valence-corrected chi connectivity index (χ3v) is 6.99. The van der Waals surface area contributed by atoms with Gasteiger partial charge in [0.15, 0.2) is 11.6 Å². The van der Waals surface area contributed by atoms with Crippen molar-refractivity contribution in [3.05, 3.63) is 65.2 Å². The van der Waals surface area contributed by atoms with E-state index in [9.17, 15) is 19.2 Å². The van der Waals surface area contributed by atoms with Crippen LogP contribution in [0, 0.1) is 18.8 Å². The number of Topliss-reactive ketones (excluding diaryl/α,β-unsaturated/α-hetero) is 2. The smallest absolute Gasteiger partial charge is 0.239 e. The molecule has 5 rings (SSSR count). The number of hydrogen-bond acceptors (Lipinski definition) is 5. The Hall–Kier alpha value is -3.12. The maximum absolute atomic E-state index is 13.5. The van der Waals surface area contributed by atoms with Gasteiger partial charge in [0.1, 0.15) is 0 Å². The molecular weight excluding hydrogens is 392 g/mol. The molecule has 158 valence electrons. The molecular formula is C25H24N2O4. The van der Waals surface area contributed by atoms with Crippen LogP contribution in [0.15, 0.2) is 48.5 Å². The monoisotopic (exact) mass is 416 g/mol.